The number of esters is 1. The van der Waals surface area contributed by atoms with Gasteiger partial charge in [-0.1, -0.05) is 6.92 Å². The number of carbonyl (C=O) groups is 2. The summed E-state index contributed by atoms with van der Waals surface area (Å²) in [6.07, 6.45) is 1.10. The fourth-order valence-corrected chi connectivity index (χ4v) is 1.58. The second-order valence-electron chi connectivity index (χ2n) is 3.13. The van der Waals surface area contributed by atoms with Crippen LogP contribution in [0.2, 0.25) is 0 Å². The molecule has 0 aliphatic carbocycles. The quantitative estimate of drug-likeness (QED) is 0.571. The molecule has 0 unspecified atom stereocenters. The van der Waals surface area contributed by atoms with E-state index < -0.39 is 5.97 Å². The molecule has 0 spiro atoms. The predicted molar refractivity (Wildman–Crippen MR) is 57.3 cm³/mol. The molecule has 0 aliphatic rings. The number of methoxy groups -OCH3 is 1. The van der Waals surface area contributed by atoms with Crippen LogP contribution < -0.4 is 0 Å². The molecular formula is C12H11NO3. The maximum absolute atomic E-state index is 11.4. The summed E-state index contributed by atoms with van der Waals surface area (Å²) in [6, 6.07) is 4.89. The van der Waals surface area contributed by atoms with Gasteiger partial charge in [0.25, 0.3) is 0 Å². The lowest BCUT2D eigenvalue weighted by Crippen LogP contribution is -2.09. The van der Waals surface area contributed by atoms with Gasteiger partial charge in [-0.2, -0.15) is 5.26 Å². The van der Waals surface area contributed by atoms with E-state index in [0.29, 0.717) is 23.8 Å². The highest BCUT2D eigenvalue weighted by molar-refractivity contribution is 5.95. The highest BCUT2D eigenvalue weighted by Gasteiger charge is 2.16. The Morgan fingerprint density at radius 2 is 2.25 bits per heavy atom. The van der Waals surface area contributed by atoms with Gasteiger partial charge < -0.3 is 4.74 Å². The van der Waals surface area contributed by atoms with Crippen molar-refractivity contribution in [3.05, 3.63) is 34.4 Å². The van der Waals surface area contributed by atoms with Crippen LogP contribution in [0.3, 0.4) is 0 Å². The molecule has 1 aromatic rings. The van der Waals surface area contributed by atoms with Crippen molar-refractivity contribution < 1.29 is 14.3 Å². The summed E-state index contributed by atoms with van der Waals surface area (Å²) < 4.78 is 4.61. The summed E-state index contributed by atoms with van der Waals surface area (Å²) in [4.78, 5) is 22.4. The number of benzene rings is 1. The van der Waals surface area contributed by atoms with Gasteiger partial charge in [0.1, 0.15) is 0 Å². The third-order valence-corrected chi connectivity index (χ3v) is 2.35. The average Bonchev–Trinajstić information content (AvgIpc) is 2.35. The van der Waals surface area contributed by atoms with E-state index in [0.717, 1.165) is 0 Å². The van der Waals surface area contributed by atoms with Crippen molar-refractivity contribution in [2.75, 3.05) is 7.11 Å². The minimum atomic E-state index is -0.496. The number of hydrogen-bond acceptors (Lipinski definition) is 4. The second kappa shape index (κ2) is 5.08. The smallest absolute Gasteiger partial charge is 0.338 e. The molecule has 4 heteroatoms. The predicted octanol–water partition coefficient (Wildman–Crippen LogP) is 1.72. The molecule has 0 amide bonds. The van der Waals surface area contributed by atoms with E-state index >= 15 is 0 Å². The fourth-order valence-electron chi connectivity index (χ4n) is 1.58. The van der Waals surface area contributed by atoms with E-state index in [-0.39, 0.29) is 11.1 Å². The first-order valence-electron chi connectivity index (χ1n) is 4.79. The standard InChI is InChI=1S/C12H11NO3/c1-3-9-10(12(15)16-2)5-4-8(6-13)11(9)7-14/h4-5,7H,3H2,1-2H3. The molecule has 1 aromatic carbocycles. The first-order chi connectivity index (χ1) is 7.69. The summed E-state index contributed by atoms with van der Waals surface area (Å²) in [5.41, 5.74) is 1.44. The molecule has 0 heterocycles. The summed E-state index contributed by atoms with van der Waals surface area (Å²) in [6.45, 7) is 1.82. The van der Waals surface area contributed by atoms with Crippen LogP contribution in [0.15, 0.2) is 12.1 Å². The maximum atomic E-state index is 11.4. The number of nitriles is 1. The molecule has 0 aromatic heterocycles. The molecular weight excluding hydrogens is 206 g/mol. The van der Waals surface area contributed by atoms with Gasteiger partial charge in [-0.25, -0.2) is 4.79 Å². The van der Waals surface area contributed by atoms with Crippen molar-refractivity contribution in [2.45, 2.75) is 13.3 Å². The normalized spacial score (nSPS) is 9.31. The van der Waals surface area contributed by atoms with Crippen LogP contribution >= 0.6 is 0 Å². The van der Waals surface area contributed by atoms with Crippen LogP contribution in [-0.2, 0) is 11.2 Å². The van der Waals surface area contributed by atoms with Crippen molar-refractivity contribution in [1.82, 2.24) is 0 Å². The average molecular weight is 217 g/mol. The Balaban J connectivity index is 3.50. The molecule has 0 aliphatic heterocycles. The van der Waals surface area contributed by atoms with Crippen molar-refractivity contribution in [3.63, 3.8) is 0 Å². The van der Waals surface area contributed by atoms with Crippen molar-refractivity contribution >= 4 is 12.3 Å². The van der Waals surface area contributed by atoms with Crippen molar-refractivity contribution in [1.29, 1.82) is 5.26 Å². The van der Waals surface area contributed by atoms with Crippen LogP contribution in [-0.4, -0.2) is 19.4 Å². The van der Waals surface area contributed by atoms with Crippen LogP contribution in [0, 0.1) is 11.3 Å². The van der Waals surface area contributed by atoms with E-state index in [1.807, 2.05) is 13.0 Å². The highest BCUT2D eigenvalue weighted by Crippen LogP contribution is 2.19. The van der Waals surface area contributed by atoms with Gasteiger partial charge >= 0.3 is 5.97 Å². The van der Waals surface area contributed by atoms with Gasteiger partial charge in [-0.05, 0) is 24.1 Å². The Kier molecular flexibility index (Phi) is 3.78. The molecule has 0 saturated carbocycles. The van der Waals surface area contributed by atoms with E-state index in [1.165, 1.54) is 19.2 Å². The molecule has 1 rings (SSSR count). The van der Waals surface area contributed by atoms with Gasteiger partial charge in [0, 0.05) is 5.56 Å². The van der Waals surface area contributed by atoms with Crippen LogP contribution in [0.5, 0.6) is 0 Å². The molecule has 0 radical (unpaired) electrons. The number of nitrogens with zero attached hydrogens (tertiary/aromatic N) is 1. The molecule has 82 valence electrons. The molecule has 4 nitrogen and oxygen atoms in total. The molecule has 0 saturated heterocycles. The largest absolute Gasteiger partial charge is 0.465 e. The zero-order valence-electron chi connectivity index (χ0n) is 9.11. The lowest BCUT2D eigenvalue weighted by molar-refractivity contribution is 0.0599. The Morgan fingerprint density at radius 3 is 2.69 bits per heavy atom. The zero-order valence-corrected chi connectivity index (χ0v) is 9.11. The first kappa shape index (κ1) is 11.9. The molecule has 0 fully saturated rings. The number of rotatable bonds is 3. The van der Waals surface area contributed by atoms with Crippen LogP contribution in [0.25, 0.3) is 0 Å². The Hall–Kier alpha value is -2.15. The van der Waals surface area contributed by atoms with Crippen molar-refractivity contribution in [2.24, 2.45) is 0 Å². The third kappa shape index (κ3) is 1.94. The highest BCUT2D eigenvalue weighted by atomic mass is 16.5. The van der Waals surface area contributed by atoms with E-state index in [9.17, 15) is 9.59 Å². The number of hydrogen-bond donors (Lipinski definition) is 0. The van der Waals surface area contributed by atoms with E-state index in [2.05, 4.69) is 4.74 Å². The first-order valence-corrected chi connectivity index (χ1v) is 4.79. The summed E-state index contributed by atoms with van der Waals surface area (Å²) in [5.74, 6) is -0.496. The maximum Gasteiger partial charge on any atom is 0.338 e. The Morgan fingerprint density at radius 1 is 1.56 bits per heavy atom. The van der Waals surface area contributed by atoms with Gasteiger partial charge in [-0.3, -0.25) is 4.79 Å². The second-order valence-corrected chi connectivity index (χ2v) is 3.13. The third-order valence-electron chi connectivity index (χ3n) is 2.35. The lowest BCUT2D eigenvalue weighted by Gasteiger charge is -2.09. The topological polar surface area (TPSA) is 67.2 Å². The minimum Gasteiger partial charge on any atom is -0.465 e. The molecule has 16 heavy (non-hydrogen) atoms. The van der Waals surface area contributed by atoms with Gasteiger partial charge in [0.15, 0.2) is 6.29 Å². The number of ether oxygens (including phenoxy) is 1. The van der Waals surface area contributed by atoms with Gasteiger partial charge in [0.2, 0.25) is 0 Å². The molecule has 0 bridgehead atoms. The summed E-state index contributed by atoms with van der Waals surface area (Å²) >= 11 is 0. The van der Waals surface area contributed by atoms with Gasteiger partial charge in [0.05, 0.1) is 24.3 Å². The fraction of sp³-hybridized carbons (Fsp3) is 0.250. The minimum absolute atomic E-state index is 0.271. The van der Waals surface area contributed by atoms with E-state index in [1.54, 1.807) is 0 Å². The summed E-state index contributed by atoms with van der Waals surface area (Å²) in [5, 5.41) is 8.83. The monoisotopic (exact) mass is 217 g/mol. The van der Waals surface area contributed by atoms with Gasteiger partial charge in [-0.15, -0.1) is 0 Å². The Labute approximate surface area is 93.5 Å². The van der Waals surface area contributed by atoms with Crippen LogP contribution in [0.4, 0.5) is 0 Å². The van der Waals surface area contributed by atoms with E-state index in [4.69, 9.17) is 5.26 Å². The zero-order chi connectivity index (χ0) is 12.1. The number of aldehydes is 1. The van der Waals surface area contributed by atoms with Crippen molar-refractivity contribution in [3.8, 4) is 6.07 Å². The lowest BCUT2D eigenvalue weighted by atomic mass is 9.95. The summed E-state index contributed by atoms with van der Waals surface area (Å²) in [7, 11) is 1.28. The molecule has 0 atom stereocenters. The molecule has 0 N–H and O–H groups in total. The number of carbonyl (C=O) groups excluding carboxylic acids is 2. The SMILES string of the molecule is CCc1c(C(=O)OC)ccc(C#N)c1C=O. The van der Waals surface area contributed by atoms with Crippen LogP contribution in [0.1, 0.15) is 38.8 Å². The Bertz CT molecular complexity index is 472.